The molecule has 1 heterocycles. The van der Waals surface area contributed by atoms with Crippen molar-refractivity contribution in [2.24, 2.45) is 0 Å². The first-order valence-corrected chi connectivity index (χ1v) is 9.21. The molecule has 0 atom stereocenters. The highest BCUT2D eigenvalue weighted by molar-refractivity contribution is 7.16. The summed E-state index contributed by atoms with van der Waals surface area (Å²) in [6, 6.07) is 6.28. The predicted molar refractivity (Wildman–Crippen MR) is 107 cm³/mol. The maximum absolute atomic E-state index is 12.6. The lowest BCUT2D eigenvalue weighted by Crippen LogP contribution is -2.16. The number of amides is 1. The smallest absolute Gasteiger partial charge is 0.341 e. The Hall–Kier alpha value is -3.31. The van der Waals surface area contributed by atoms with Crippen molar-refractivity contribution in [3.63, 3.8) is 0 Å². The maximum atomic E-state index is 12.6. The van der Waals surface area contributed by atoms with Crippen molar-refractivity contribution in [3.05, 3.63) is 45.3 Å². The van der Waals surface area contributed by atoms with E-state index < -0.39 is 11.9 Å². The number of ether oxygens (including phenoxy) is 2. The Balaban J connectivity index is 2.37. The Labute approximate surface area is 166 Å². The lowest BCUT2D eigenvalue weighted by Gasteiger charge is -2.07. The molecular weight excluding hydrogens is 380 g/mol. The maximum Gasteiger partial charge on any atom is 0.341 e. The number of phenolic OH excluding ortho intramolecular Hbond substituents is 1. The third-order valence-electron chi connectivity index (χ3n) is 3.99. The second-order valence-electron chi connectivity index (χ2n) is 5.76. The molecule has 7 nitrogen and oxygen atoms in total. The molecule has 0 saturated carbocycles. The first-order chi connectivity index (χ1) is 13.3. The monoisotopic (exact) mass is 400 g/mol. The van der Waals surface area contributed by atoms with Crippen LogP contribution in [0.5, 0.6) is 11.5 Å². The number of nitrogens with one attached hydrogen (secondary N) is 1. The summed E-state index contributed by atoms with van der Waals surface area (Å²) < 4.78 is 10.1. The molecule has 1 aromatic carbocycles. The number of thiophene rings is 1. The van der Waals surface area contributed by atoms with Crippen LogP contribution in [0.3, 0.4) is 0 Å². The van der Waals surface area contributed by atoms with Gasteiger partial charge in [-0.1, -0.05) is 0 Å². The van der Waals surface area contributed by atoms with E-state index in [2.05, 4.69) is 5.32 Å². The fourth-order valence-corrected chi connectivity index (χ4v) is 3.46. The highest BCUT2D eigenvalue weighted by atomic mass is 32.1. The molecule has 8 heteroatoms. The van der Waals surface area contributed by atoms with Gasteiger partial charge in [-0.3, -0.25) is 4.79 Å². The molecule has 0 aliphatic rings. The first-order valence-electron chi connectivity index (χ1n) is 8.39. The molecule has 0 bridgehead atoms. The van der Waals surface area contributed by atoms with Crippen LogP contribution in [0.1, 0.15) is 33.3 Å². The molecule has 28 heavy (non-hydrogen) atoms. The van der Waals surface area contributed by atoms with Gasteiger partial charge >= 0.3 is 5.97 Å². The number of rotatable bonds is 6. The van der Waals surface area contributed by atoms with Crippen molar-refractivity contribution in [3.8, 4) is 17.6 Å². The van der Waals surface area contributed by atoms with Crippen molar-refractivity contribution in [1.82, 2.24) is 0 Å². The number of hydrogen-bond donors (Lipinski definition) is 2. The number of phenols is 1. The van der Waals surface area contributed by atoms with Crippen molar-refractivity contribution in [2.75, 3.05) is 19.0 Å². The first kappa shape index (κ1) is 21.0. The number of benzene rings is 1. The molecule has 0 spiro atoms. The topological polar surface area (TPSA) is 109 Å². The minimum Gasteiger partial charge on any atom is -0.507 e. The van der Waals surface area contributed by atoms with Crippen molar-refractivity contribution >= 4 is 34.3 Å². The van der Waals surface area contributed by atoms with Crippen LogP contribution < -0.4 is 10.1 Å². The molecule has 0 radical (unpaired) electrons. The van der Waals surface area contributed by atoms with Crippen LogP contribution in [-0.2, 0) is 9.53 Å². The molecular formula is C20H20N2O5S. The minimum atomic E-state index is -0.698. The zero-order valence-corrected chi connectivity index (χ0v) is 16.8. The summed E-state index contributed by atoms with van der Waals surface area (Å²) in [6.45, 7) is 5.50. The largest absolute Gasteiger partial charge is 0.507 e. The zero-order chi connectivity index (χ0) is 20.8. The van der Waals surface area contributed by atoms with Crippen LogP contribution in [0, 0.1) is 25.2 Å². The van der Waals surface area contributed by atoms with Crippen molar-refractivity contribution in [2.45, 2.75) is 20.8 Å². The van der Waals surface area contributed by atoms with Crippen LogP contribution in [-0.4, -0.2) is 30.7 Å². The Morgan fingerprint density at radius 2 is 2.07 bits per heavy atom. The molecule has 2 rings (SSSR count). The normalized spacial score (nSPS) is 10.9. The molecule has 1 aromatic heterocycles. The van der Waals surface area contributed by atoms with Crippen LogP contribution in [0.2, 0.25) is 0 Å². The van der Waals surface area contributed by atoms with E-state index >= 15 is 0 Å². The highest BCUT2D eigenvalue weighted by Gasteiger charge is 2.23. The van der Waals surface area contributed by atoms with E-state index in [1.165, 1.54) is 36.7 Å². The van der Waals surface area contributed by atoms with Gasteiger partial charge in [0.15, 0.2) is 0 Å². The standard InChI is InChI=1S/C20H20N2O5S/c1-5-27-20(25)17-11(2)12(3)28-19(17)22-18(24)14(10-21)8-13-9-15(26-4)6-7-16(13)23/h6-9,23H,5H2,1-4H3,(H,22,24)/b14-8+. The lowest BCUT2D eigenvalue weighted by atomic mass is 10.1. The van der Waals surface area contributed by atoms with E-state index in [1.807, 2.05) is 13.0 Å². The van der Waals surface area contributed by atoms with Crippen molar-refractivity contribution < 1.29 is 24.2 Å². The Morgan fingerprint density at radius 3 is 2.68 bits per heavy atom. The summed E-state index contributed by atoms with van der Waals surface area (Å²) in [5, 5.41) is 22.3. The van der Waals surface area contributed by atoms with E-state index in [4.69, 9.17) is 9.47 Å². The number of methoxy groups -OCH3 is 1. The summed E-state index contributed by atoms with van der Waals surface area (Å²) in [6.07, 6.45) is 1.25. The van der Waals surface area contributed by atoms with Gasteiger partial charge in [-0.25, -0.2) is 4.79 Å². The number of carbonyl (C=O) groups is 2. The number of nitrogens with zero attached hydrogens (tertiary/aromatic N) is 1. The highest BCUT2D eigenvalue weighted by Crippen LogP contribution is 2.33. The summed E-state index contributed by atoms with van der Waals surface area (Å²) >= 11 is 1.23. The average Bonchev–Trinajstić information content (AvgIpc) is 2.94. The molecule has 0 saturated heterocycles. The third-order valence-corrected chi connectivity index (χ3v) is 5.11. The van der Waals surface area contributed by atoms with Gasteiger partial charge in [0, 0.05) is 10.4 Å². The van der Waals surface area contributed by atoms with E-state index in [0.717, 1.165) is 4.88 Å². The van der Waals surface area contributed by atoms with E-state index in [0.29, 0.717) is 16.3 Å². The summed E-state index contributed by atoms with van der Waals surface area (Å²) in [4.78, 5) is 25.7. The van der Waals surface area contributed by atoms with Gasteiger partial charge in [0.25, 0.3) is 5.91 Å². The zero-order valence-electron chi connectivity index (χ0n) is 16.0. The number of anilines is 1. The van der Waals surface area contributed by atoms with E-state index in [9.17, 15) is 20.0 Å². The number of aromatic hydroxyl groups is 1. The fraction of sp³-hybridized carbons (Fsp3) is 0.250. The second-order valence-corrected chi connectivity index (χ2v) is 6.98. The SMILES string of the molecule is CCOC(=O)c1c(NC(=O)/C(C#N)=C/c2cc(OC)ccc2O)sc(C)c1C. The number of nitriles is 1. The minimum absolute atomic E-state index is 0.101. The molecule has 1 amide bonds. The molecule has 0 unspecified atom stereocenters. The average molecular weight is 400 g/mol. The Kier molecular flexibility index (Phi) is 6.79. The van der Waals surface area contributed by atoms with Crippen LogP contribution in [0.15, 0.2) is 23.8 Å². The number of carbonyl (C=O) groups excluding carboxylic acids is 2. The van der Waals surface area contributed by atoms with E-state index in [-0.39, 0.29) is 29.1 Å². The predicted octanol–water partition coefficient (Wildman–Crippen LogP) is 3.80. The number of hydrogen-bond acceptors (Lipinski definition) is 7. The summed E-state index contributed by atoms with van der Waals surface area (Å²) in [7, 11) is 1.47. The Bertz CT molecular complexity index is 985. The molecule has 2 aromatic rings. The molecule has 0 fully saturated rings. The third kappa shape index (κ3) is 4.50. The number of esters is 1. The second kappa shape index (κ2) is 9.06. The van der Waals surface area contributed by atoms with Crippen LogP contribution in [0.25, 0.3) is 6.08 Å². The lowest BCUT2D eigenvalue weighted by molar-refractivity contribution is -0.112. The van der Waals surface area contributed by atoms with E-state index in [1.54, 1.807) is 19.9 Å². The molecule has 0 aliphatic heterocycles. The number of aryl methyl sites for hydroxylation is 1. The molecule has 146 valence electrons. The molecule has 2 N–H and O–H groups in total. The van der Waals surface area contributed by atoms with Gasteiger partial charge in [-0.2, -0.15) is 5.26 Å². The summed E-state index contributed by atoms with van der Waals surface area (Å²) in [5.74, 6) is -0.865. The van der Waals surface area contributed by atoms with Crippen molar-refractivity contribution in [1.29, 1.82) is 5.26 Å². The quantitative estimate of drug-likeness (QED) is 0.434. The van der Waals surface area contributed by atoms with Gasteiger partial charge < -0.3 is 19.9 Å². The Morgan fingerprint density at radius 1 is 1.36 bits per heavy atom. The van der Waals surface area contributed by atoms with Crippen LogP contribution in [0.4, 0.5) is 5.00 Å². The molecule has 0 aliphatic carbocycles. The van der Waals surface area contributed by atoms with Gasteiger partial charge in [-0.15, -0.1) is 11.3 Å². The van der Waals surface area contributed by atoms with Gasteiger partial charge in [-0.05, 0) is 50.6 Å². The van der Waals surface area contributed by atoms with Gasteiger partial charge in [0.05, 0.1) is 19.3 Å². The van der Waals surface area contributed by atoms with Crippen LogP contribution >= 0.6 is 11.3 Å². The fourth-order valence-electron chi connectivity index (χ4n) is 2.41. The summed E-state index contributed by atoms with van der Waals surface area (Å²) in [5.41, 5.74) is 1.02. The van der Waals surface area contributed by atoms with Gasteiger partial charge in [0.1, 0.15) is 28.1 Å². The van der Waals surface area contributed by atoms with Gasteiger partial charge in [0.2, 0.25) is 0 Å².